The molecule has 2 rings (SSSR count). The molecule has 2 heterocycles. The molecule has 7 heteroatoms. The normalized spacial score (nSPS) is 17.9. The number of allylic oxidation sites excluding steroid dienone is 1. The van der Waals surface area contributed by atoms with E-state index in [-0.39, 0.29) is 8.68 Å². The summed E-state index contributed by atoms with van der Waals surface area (Å²) in [5, 5.41) is 0. The van der Waals surface area contributed by atoms with E-state index in [0.29, 0.717) is 18.8 Å². The van der Waals surface area contributed by atoms with Crippen LogP contribution in [0.3, 0.4) is 0 Å². The average molecular weight is 391 g/mol. The highest BCUT2D eigenvalue weighted by Crippen LogP contribution is 2.31. The zero-order valence-corrected chi connectivity index (χ0v) is 17.1. The Hall–Kier alpha value is -0.430. The molecular weight excluding hydrogens is 364 g/mol. The second-order valence-electron chi connectivity index (χ2n) is 6.58. The summed E-state index contributed by atoms with van der Waals surface area (Å²) in [5.74, 6) is 0.770. The van der Waals surface area contributed by atoms with E-state index in [4.69, 9.17) is 11.6 Å². The molecule has 0 aromatic carbocycles. The summed E-state index contributed by atoms with van der Waals surface area (Å²) in [7, 11) is -3.46. The van der Waals surface area contributed by atoms with Gasteiger partial charge in [0.2, 0.25) is 0 Å². The van der Waals surface area contributed by atoms with Gasteiger partial charge in [-0.3, -0.25) is 0 Å². The van der Waals surface area contributed by atoms with Crippen LogP contribution in [0, 0.1) is 12.8 Å². The van der Waals surface area contributed by atoms with E-state index in [2.05, 4.69) is 24.9 Å². The van der Waals surface area contributed by atoms with Crippen LogP contribution in [-0.2, 0) is 10.0 Å². The molecule has 0 amide bonds. The fourth-order valence-corrected chi connectivity index (χ4v) is 6.45. The lowest BCUT2D eigenvalue weighted by Gasteiger charge is -2.27. The lowest BCUT2D eigenvalue weighted by Crippen LogP contribution is -2.36. The highest BCUT2D eigenvalue weighted by molar-refractivity contribution is 7.91. The molecule has 1 unspecified atom stereocenters. The summed E-state index contributed by atoms with van der Waals surface area (Å²) in [4.78, 5) is 4.03. The molecular formula is C17H27ClN2O2S2. The van der Waals surface area contributed by atoms with Crippen LogP contribution in [0.1, 0.15) is 58.1 Å². The number of aryl methyl sites for hydroxylation is 1. The lowest BCUT2D eigenvalue weighted by atomic mass is 9.97. The van der Waals surface area contributed by atoms with Gasteiger partial charge >= 0.3 is 0 Å². The van der Waals surface area contributed by atoms with Crippen LogP contribution in [0.4, 0.5) is 0 Å². The third kappa shape index (κ3) is 5.04. The van der Waals surface area contributed by atoms with Crippen molar-refractivity contribution in [1.82, 2.24) is 9.29 Å². The van der Waals surface area contributed by atoms with Crippen molar-refractivity contribution >= 4 is 33.0 Å². The second-order valence-corrected chi connectivity index (χ2v) is 10.3. The van der Waals surface area contributed by atoms with E-state index in [1.807, 2.05) is 0 Å². The summed E-state index contributed by atoms with van der Waals surface area (Å²) in [6, 6.07) is 0. The first kappa shape index (κ1) is 19.9. The molecule has 1 aliphatic heterocycles. The summed E-state index contributed by atoms with van der Waals surface area (Å²) in [5.41, 5.74) is 1.89. The fraction of sp³-hybridized carbons (Fsp3) is 0.706. The average Bonchev–Trinajstić information content (AvgIpc) is 2.87. The smallest absolute Gasteiger partial charge is 0.229 e. The molecule has 1 aliphatic rings. The zero-order chi connectivity index (χ0) is 17.7. The number of rotatable bonds is 7. The standard InChI is InChI=1S/C17H27ClN2O2S2/c1-4-6-13(2)7-5-8-15-9-11-20(12-10-15)24(21,22)16-14(3)19-17(18)23-16/h8,13H,4-7,9-12H2,1-3H3. The van der Waals surface area contributed by atoms with E-state index in [1.54, 1.807) is 11.2 Å². The van der Waals surface area contributed by atoms with E-state index < -0.39 is 10.0 Å². The van der Waals surface area contributed by atoms with Gasteiger partial charge in [0.15, 0.2) is 8.68 Å². The quantitative estimate of drug-likeness (QED) is 0.613. The number of sulfonamides is 1. The van der Waals surface area contributed by atoms with Gasteiger partial charge < -0.3 is 0 Å². The molecule has 0 saturated carbocycles. The number of hydrogen-bond donors (Lipinski definition) is 0. The van der Waals surface area contributed by atoms with Gasteiger partial charge in [0.1, 0.15) is 0 Å². The van der Waals surface area contributed by atoms with Crippen LogP contribution in [0.25, 0.3) is 0 Å². The van der Waals surface area contributed by atoms with Gasteiger partial charge in [-0.2, -0.15) is 4.31 Å². The Morgan fingerprint density at radius 1 is 1.33 bits per heavy atom. The number of aromatic nitrogens is 1. The topological polar surface area (TPSA) is 50.3 Å². The number of halogens is 1. The lowest BCUT2D eigenvalue weighted by molar-refractivity contribution is 0.386. The molecule has 0 spiro atoms. The van der Waals surface area contributed by atoms with E-state index in [0.717, 1.165) is 36.5 Å². The highest BCUT2D eigenvalue weighted by Gasteiger charge is 2.30. The number of nitrogens with zero attached hydrogens (tertiary/aromatic N) is 2. The zero-order valence-electron chi connectivity index (χ0n) is 14.7. The minimum atomic E-state index is -3.46. The van der Waals surface area contributed by atoms with Crippen molar-refractivity contribution in [2.45, 2.75) is 63.5 Å². The van der Waals surface area contributed by atoms with Crippen molar-refractivity contribution in [1.29, 1.82) is 0 Å². The minimum absolute atomic E-state index is 0.282. The number of piperidine rings is 1. The molecule has 1 fully saturated rings. The molecule has 136 valence electrons. The first-order valence-electron chi connectivity index (χ1n) is 8.65. The van der Waals surface area contributed by atoms with E-state index >= 15 is 0 Å². The molecule has 4 nitrogen and oxygen atoms in total. The monoisotopic (exact) mass is 390 g/mol. The Balaban J connectivity index is 1.91. The van der Waals surface area contributed by atoms with Crippen LogP contribution in [0.5, 0.6) is 0 Å². The van der Waals surface area contributed by atoms with Crippen LogP contribution < -0.4 is 0 Å². The van der Waals surface area contributed by atoms with E-state index in [1.165, 1.54) is 24.8 Å². The fourth-order valence-electron chi connectivity index (χ4n) is 3.13. The molecule has 0 bridgehead atoms. The van der Waals surface area contributed by atoms with Gasteiger partial charge in [-0.15, -0.1) is 0 Å². The summed E-state index contributed by atoms with van der Waals surface area (Å²) >= 11 is 6.90. The molecule has 1 atom stereocenters. The Morgan fingerprint density at radius 2 is 2.00 bits per heavy atom. The van der Waals surface area contributed by atoms with Crippen LogP contribution >= 0.6 is 22.9 Å². The van der Waals surface area contributed by atoms with Gasteiger partial charge in [0.25, 0.3) is 10.0 Å². The largest absolute Gasteiger partial charge is 0.254 e. The SMILES string of the molecule is CCCC(C)CCC=C1CCN(S(=O)(=O)c2sc(Cl)nc2C)CC1. The maximum Gasteiger partial charge on any atom is 0.254 e. The van der Waals surface area contributed by atoms with Crippen LogP contribution in [-0.4, -0.2) is 30.8 Å². The Bertz CT molecular complexity index is 673. The van der Waals surface area contributed by atoms with E-state index in [9.17, 15) is 8.42 Å². The molecule has 1 saturated heterocycles. The van der Waals surface area contributed by atoms with Gasteiger partial charge in [0, 0.05) is 13.1 Å². The van der Waals surface area contributed by atoms with Gasteiger partial charge in [0.05, 0.1) is 5.69 Å². The Kier molecular flexibility index (Phi) is 7.28. The van der Waals surface area contributed by atoms with Crippen LogP contribution in [0.2, 0.25) is 4.47 Å². The Morgan fingerprint density at radius 3 is 2.54 bits per heavy atom. The van der Waals surface area contributed by atoms with Crippen molar-refractivity contribution in [3.05, 3.63) is 21.8 Å². The molecule has 0 aliphatic carbocycles. The number of thiazole rings is 1. The predicted molar refractivity (Wildman–Crippen MR) is 101 cm³/mol. The van der Waals surface area contributed by atoms with Gasteiger partial charge in [-0.05, 0) is 38.5 Å². The second kappa shape index (κ2) is 8.79. The molecule has 1 aromatic rings. The molecule has 0 radical (unpaired) electrons. The van der Waals surface area contributed by atoms with Crippen molar-refractivity contribution in [3.63, 3.8) is 0 Å². The minimum Gasteiger partial charge on any atom is -0.229 e. The third-order valence-electron chi connectivity index (χ3n) is 4.54. The van der Waals surface area contributed by atoms with Crippen molar-refractivity contribution in [2.75, 3.05) is 13.1 Å². The van der Waals surface area contributed by atoms with Crippen molar-refractivity contribution < 1.29 is 8.42 Å². The van der Waals surface area contributed by atoms with Crippen LogP contribution in [0.15, 0.2) is 15.9 Å². The first-order valence-corrected chi connectivity index (χ1v) is 11.3. The maximum absolute atomic E-state index is 12.7. The predicted octanol–water partition coefficient (Wildman–Crippen LogP) is 5.03. The summed E-state index contributed by atoms with van der Waals surface area (Å²) in [6.07, 6.45) is 8.83. The maximum atomic E-state index is 12.7. The van der Waals surface area contributed by atoms with Crippen molar-refractivity contribution in [3.8, 4) is 0 Å². The first-order chi connectivity index (χ1) is 11.3. The van der Waals surface area contributed by atoms with Crippen molar-refractivity contribution in [2.24, 2.45) is 5.92 Å². The van der Waals surface area contributed by atoms with Gasteiger partial charge in [-0.25, -0.2) is 13.4 Å². The molecule has 0 N–H and O–H groups in total. The summed E-state index contributed by atoms with van der Waals surface area (Å²) < 4.78 is 27.6. The summed E-state index contributed by atoms with van der Waals surface area (Å²) in [6.45, 7) is 7.33. The molecule has 24 heavy (non-hydrogen) atoms. The molecule has 1 aromatic heterocycles. The van der Waals surface area contributed by atoms with Gasteiger partial charge in [-0.1, -0.05) is 61.3 Å². The number of hydrogen-bond acceptors (Lipinski definition) is 4. The highest BCUT2D eigenvalue weighted by atomic mass is 35.5. The third-order valence-corrected chi connectivity index (χ3v) is 8.29. The Labute approximate surface area is 155 Å².